The molecule has 0 aliphatic heterocycles. The summed E-state index contributed by atoms with van der Waals surface area (Å²) in [5.74, 6) is 0.935. The topological polar surface area (TPSA) is 17.1 Å². The van der Waals surface area contributed by atoms with Gasteiger partial charge in [0.2, 0.25) is 5.12 Å². The van der Waals surface area contributed by atoms with Crippen molar-refractivity contribution in [2.75, 3.05) is 5.75 Å². The van der Waals surface area contributed by atoms with Crippen LogP contribution in [0, 0.1) is 0 Å². The van der Waals surface area contributed by atoms with Gasteiger partial charge in [0.15, 0.2) is 0 Å². The van der Waals surface area contributed by atoms with Crippen LogP contribution in [-0.2, 0) is 0 Å². The van der Waals surface area contributed by atoms with Crippen LogP contribution >= 0.6 is 11.8 Å². The number of hydrogen-bond acceptors (Lipinski definition) is 2. The molecule has 0 bridgehead atoms. The van der Waals surface area contributed by atoms with Gasteiger partial charge in [0, 0.05) is 11.3 Å². The fraction of sp³-hybridized carbons (Fsp3) is 0.364. The lowest BCUT2D eigenvalue weighted by atomic mass is 10.2. The van der Waals surface area contributed by atoms with Crippen LogP contribution < -0.4 is 0 Å². The van der Waals surface area contributed by atoms with E-state index in [2.05, 4.69) is 6.92 Å². The number of rotatable bonds is 4. The summed E-state index contributed by atoms with van der Waals surface area (Å²) < 4.78 is 0. The van der Waals surface area contributed by atoms with E-state index in [-0.39, 0.29) is 5.12 Å². The summed E-state index contributed by atoms with van der Waals surface area (Å²) in [5.41, 5.74) is 0.809. The minimum atomic E-state index is 0.189. The first-order chi connectivity index (χ1) is 6.34. The standard InChI is InChI=1S/C11H14OS/c1-2-3-9-13-11(12)10-7-5-4-6-8-10/h4-8H,2-3,9H2,1H3. The molecule has 0 unspecified atom stereocenters. The van der Waals surface area contributed by atoms with Gasteiger partial charge in [-0.2, -0.15) is 0 Å². The second kappa shape index (κ2) is 5.81. The molecule has 2 heteroatoms. The van der Waals surface area contributed by atoms with Crippen LogP contribution in [0.25, 0.3) is 0 Å². The van der Waals surface area contributed by atoms with Gasteiger partial charge in [-0.05, 0) is 6.42 Å². The van der Waals surface area contributed by atoms with Crippen molar-refractivity contribution in [3.8, 4) is 0 Å². The van der Waals surface area contributed by atoms with Gasteiger partial charge in [0.05, 0.1) is 0 Å². The maximum Gasteiger partial charge on any atom is 0.219 e. The summed E-state index contributed by atoms with van der Waals surface area (Å²) in [4.78, 5) is 11.5. The van der Waals surface area contributed by atoms with E-state index in [0.29, 0.717) is 0 Å². The minimum absolute atomic E-state index is 0.189. The number of hydrogen-bond donors (Lipinski definition) is 0. The second-order valence-corrected chi connectivity index (χ2v) is 3.92. The summed E-state index contributed by atoms with van der Waals surface area (Å²) in [5, 5.41) is 0.189. The van der Waals surface area contributed by atoms with Crippen LogP contribution in [0.2, 0.25) is 0 Å². The third-order valence-corrected chi connectivity index (χ3v) is 2.73. The number of thioether (sulfide) groups is 1. The van der Waals surface area contributed by atoms with E-state index in [9.17, 15) is 4.79 Å². The molecule has 0 aliphatic rings. The maximum absolute atomic E-state index is 11.5. The van der Waals surface area contributed by atoms with Crippen molar-refractivity contribution in [2.45, 2.75) is 19.8 Å². The van der Waals surface area contributed by atoms with Gasteiger partial charge in [-0.15, -0.1) is 0 Å². The summed E-state index contributed by atoms with van der Waals surface area (Å²) in [6, 6.07) is 9.44. The fourth-order valence-corrected chi connectivity index (χ4v) is 1.89. The molecular formula is C11H14OS. The Hall–Kier alpha value is -0.760. The Morgan fingerprint density at radius 1 is 1.31 bits per heavy atom. The quantitative estimate of drug-likeness (QED) is 0.684. The molecule has 0 aliphatic carbocycles. The van der Waals surface area contributed by atoms with Gasteiger partial charge in [0.25, 0.3) is 0 Å². The Morgan fingerprint density at radius 3 is 2.62 bits per heavy atom. The first-order valence-electron chi connectivity index (χ1n) is 4.56. The average molecular weight is 194 g/mol. The van der Waals surface area contributed by atoms with Crippen molar-refractivity contribution in [2.24, 2.45) is 0 Å². The molecule has 0 spiro atoms. The van der Waals surface area contributed by atoms with E-state index in [4.69, 9.17) is 0 Å². The largest absolute Gasteiger partial charge is 0.282 e. The van der Waals surface area contributed by atoms with Gasteiger partial charge < -0.3 is 0 Å². The van der Waals surface area contributed by atoms with E-state index >= 15 is 0 Å². The lowest BCUT2D eigenvalue weighted by Gasteiger charge is -1.98. The third-order valence-electron chi connectivity index (χ3n) is 1.74. The zero-order valence-corrected chi connectivity index (χ0v) is 8.64. The Labute approximate surface area is 83.5 Å². The van der Waals surface area contributed by atoms with Crippen molar-refractivity contribution >= 4 is 16.9 Å². The van der Waals surface area contributed by atoms with Crippen molar-refractivity contribution in [3.05, 3.63) is 35.9 Å². The van der Waals surface area contributed by atoms with Crippen LogP contribution in [0.15, 0.2) is 30.3 Å². The van der Waals surface area contributed by atoms with Crippen molar-refractivity contribution < 1.29 is 4.79 Å². The highest BCUT2D eigenvalue weighted by atomic mass is 32.2. The number of carbonyl (C=O) groups is 1. The normalized spacial score (nSPS) is 9.92. The van der Waals surface area contributed by atoms with Crippen molar-refractivity contribution in [3.63, 3.8) is 0 Å². The molecule has 1 nitrogen and oxygen atoms in total. The van der Waals surface area contributed by atoms with E-state index < -0.39 is 0 Å². The summed E-state index contributed by atoms with van der Waals surface area (Å²) in [7, 11) is 0. The molecular weight excluding hydrogens is 180 g/mol. The zero-order valence-electron chi connectivity index (χ0n) is 7.82. The van der Waals surface area contributed by atoms with Crippen molar-refractivity contribution in [1.29, 1.82) is 0 Å². The Balaban J connectivity index is 2.40. The number of carbonyl (C=O) groups excluding carboxylic acids is 1. The first kappa shape index (κ1) is 10.3. The minimum Gasteiger partial charge on any atom is -0.282 e. The van der Waals surface area contributed by atoms with E-state index in [1.165, 1.54) is 11.8 Å². The molecule has 0 N–H and O–H groups in total. The Bertz CT molecular complexity index is 256. The molecule has 1 aromatic carbocycles. The predicted octanol–water partition coefficient (Wildman–Crippen LogP) is 3.36. The molecule has 1 rings (SSSR count). The average Bonchev–Trinajstić information content (AvgIpc) is 2.19. The molecule has 0 saturated heterocycles. The molecule has 1 aromatic rings. The lowest BCUT2D eigenvalue weighted by molar-refractivity contribution is 0.108. The van der Waals surface area contributed by atoms with Gasteiger partial charge in [-0.25, -0.2) is 0 Å². The Morgan fingerprint density at radius 2 is 2.00 bits per heavy atom. The number of benzene rings is 1. The maximum atomic E-state index is 11.5. The number of unbranched alkanes of at least 4 members (excludes halogenated alkanes) is 1. The van der Waals surface area contributed by atoms with Gasteiger partial charge in [-0.1, -0.05) is 55.4 Å². The highest BCUT2D eigenvalue weighted by Gasteiger charge is 2.03. The molecule has 0 heterocycles. The highest BCUT2D eigenvalue weighted by Crippen LogP contribution is 2.13. The SMILES string of the molecule is CCCCSC(=O)c1ccccc1. The molecule has 0 saturated carbocycles. The fourth-order valence-electron chi connectivity index (χ4n) is 0.967. The molecule has 0 aromatic heterocycles. The molecule has 0 atom stereocenters. The Kier molecular flexibility index (Phi) is 4.61. The van der Waals surface area contributed by atoms with E-state index in [0.717, 1.165) is 24.2 Å². The van der Waals surface area contributed by atoms with Crippen LogP contribution in [-0.4, -0.2) is 10.9 Å². The van der Waals surface area contributed by atoms with Gasteiger partial charge >= 0.3 is 0 Å². The van der Waals surface area contributed by atoms with Crippen LogP contribution in [0.3, 0.4) is 0 Å². The van der Waals surface area contributed by atoms with Gasteiger partial charge in [0.1, 0.15) is 0 Å². The molecule has 0 fully saturated rings. The lowest BCUT2D eigenvalue weighted by Crippen LogP contribution is -1.93. The van der Waals surface area contributed by atoms with Crippen molar-refractivity contribution in [1.82, 2.24) is 0 Å². The summed E-state index contributed by atoms with van der Waals surface area (Å²) >= 11 is 1.42. The summed E-state index contributed by atoms with van der Waals surface area (Å²) in [6.07, 6.45) is 2.26. The third kappa shape index (κ3) is 3.64. The van der Waals surface area contributed by atoms with Crippen LogP contribution in [0.1, 0.15) is 30.1 Å². The van der Waals surface area contributed by atoms with E-state index in [1.807, 2.05) is 30.3 Å². The molecule has 13 heavy (non-hydrogen) atoms. The van der Waals surface area contributed by atoms with Crippen LogP contribution in [0.5, 0.6) is 0 Å². The monoisotopic (exact) mass is 194 g/mol. The second-order valence-electron chi connectivity index (χ2n) is 2.86. The smallest absolute Gasteiger partial charge is 0.219 e. The highest BCUT2D eigenvalue weighted by molar-refractivity contribution is 8.14. The first-order valence-corrected chi connectivity index (χ1v) is 5.55. The summed E-state index contributed by atoms with van der Waals surface area (Å²) in [6.45, 7) is 2.13. The molecule has 70 valence electrons. The van der Waals surface area contributed by atoms with Gasteiger partial charge in [-0.3, -0.25) is 4.79 Å². The zero-order chi connectivity index (χ0) is 9.52. The molecule has 0 amide bonds. The molecule has 0 radical (unpaired) electrons. The predicted molar refractivity (Wildman–Crippen MR) is 58.1 cm³/mol. The van der Waals surface area contributed by atoms with Crippen LogP contribution in [0.4, 0.5) is 0 Å². The van der Waals surface area contributed by atoms with E-state index in [1.54, 1.807) is 0 Å².